The molecule has 0 bridgehead atoms. The van der Waals surface area contributed by atoms with Gasteiger partial charge in [-0.3, -0.25) is 4.79 Å². The van der Waals surface area contributed by atoms with Crippen LogP contribution in [0.2, 0.25) is 0 Å². The van der Waals surface area contributed by atoms with Crippen LogP contribution >= 0.6 is 0 Å². The van der Waals surface area contributed by atoms with Crippen molar-refractivity contribution in [3.63, 3.8) is 0 Å². The molecule has 0 fully saturated rings. The van der Waals surface area contributed by atoms with E-state index < -0.39 is 0 Å². The molecule has 3 aromatic carbocycles. The van der Waals surface area contributed by atoms with E-state index in [0.717, 1.165) is 38.6 Å². The van der Waals surface area contributed by atoms with Crippen LogP contribution < -0.4 is 5.43 Å². The second kappa shape index (κ2) is 5.10. The Hall–Kier alpha value is -2.87. The summed E-state index contributed by atoms with van der Waals surface area (Å²) < 4.78 is 2.19. The van der Waals surface area contributed by atoms with Gasteiger partial charge in [-0.05, 0) is 61.4 Å². The molecule has 2 nitrogen and oxygen atoms in total. The number of hydrogen-bond donors (Lipinski definition) is 0. The van der Waals surface area contributed by atoms with Gasteiger partial charge in [0.1, 0.15) is 0 Å². The Bertz CT molecular complexity index is 1030. The monoisotopic (exact) mass is 299 g/mol. The fraction of sp³-hybridized carbons (Fsp3) is 0.0952. The number of aryl methyl sites for hydroxylation is 2. The number of nitrogens with zero attached hydrogens (tertiary/aromatic N) is 1. The number of aromatic nitrogens is 1. The van der Waals surface area contributed by atoms with Crippen LogP contribution in [0.3, 0.4) is 0 Å². The summed E-state index contributed by atoms with van der Waals surface area (Å²) in [7, 11) is 0. The Labute approximate surface area is 134 Å². The maximum atomic E-state index is 12.9. The van der Waals surface area contributed by atoms with Crippen LogP contribution in [-0.2, 0) is 0 Å². The Morgan fingerprint density at radius 1 is 0.696 bits per heavy atom. The van der Waals surface area contributed by atoms with Gasteiger partial charge in [0.15, 0.2) is 5.43 Å². The zero-order valence-corrected chi connectivity index (χ0v) is 13.2. The van der Waals surface area contributed by atoms with Gasteiger partial charge in [-0.15, -0.1) is 0 Å². The van der Waals surface area contributed by atoms with Crippen LogP contribution in [0, 0.1) is 13.8 Å². The molecule has 0 aliphatic rings. The molecule has 4 rings (SSSR count). The summed E-state index contributed by atoms with van der Waals surface area (Å²) in [6.07, 6.45) is 0. The molecule has 0 amide bonds. The summed E-state index contributed by atoms with van der Waals surface area (Å²) in [6.45, 7) is 4.11. The van der Waals surface area contributed by atoms with Gasteiger partial charge >= 0.3 is 0 Å². The standard InChI is InChI=1S/C21H17NO/c1-14-8-10-17-19(12-14)22(16-6-4-3-5-7-16)20-13-15(2)9-11-18(20)21(17)23/h3-13H,1-2H3. The lowest BCUT2D eigenvalue weighted by molar-refractivity contribution is 1.15. The smallest absolute Gasteiger partial charge is 0.197 e. The highest BCUT2D eigenvalue weighted by Gasteiger charge is 2.12. The lowest BCUT2D eigenvalue weighted by atomic mass is 10.1. The normalized spacial score (nSPS) is 11.2. The first-order chi connectivity index (χ1) is 11.1. The number of hydrogen-bond acceptors (Lipinski definition) is 1. The van der Waals surface area contributed by atoms with Gasteiger partial charge in [-0.25, -0.2) is 0 Å². The quantitative estimate of drug-likeness (QED) is 0.464. The lowest BCUT2D eigenvalue weighted by Gasteiger charge is -2.16. The molecule has 0 saturated heterocycles. The van der Waals surface area contributed by atoms with E-state index in [1.807, 2.05) is 42.5 Å². The van der Waals surface area contributed by atoms with Crippen molar-refractivity contribution in [2.75, 3.05) is 0 Å². The summed E-state index contributed by atoms with van der Waals surface area (Å²) in [4.78, 5) is 12.9. The molecular formula is C21H17NO. The molecule has 2 heteroatoms. The summed E-state index contributed by atoms with van der Waals surface area (Å²) in [6, 6.07) is 22.3. The molecule has 4 aromatic rings. The highest BCUT2D eigenvalue weighted by atomic mass is 16.1. The fourth-order valence-electron chi connectivity index (χ4n) is 3.17. The maximum Gasteiger partial charge on any atom is 0.197 e. The summed E-state index contributed by atoms with van der Waals surface area (Å²) in [5.41, 5.74) is 5.38. The van der Waals surface area contributed by atoms with Crippen LogP contribution in [0.4, 0.5) is 0 Å². The number of fused-ring (bicyclic) bond motifs is 2. The minimum Gasteiger partial charge on any atom is -0.309 e. The average molecular weight is 299 g/mol. The first-order valence-corrected chi connectivity index (χ1v) is 7.76. The zero-order chi connectivity index (χ0) is 16.0. The van der Waals surface area contributed by atoms with E-state index in [2.05, 4.69) is 42.7 Å². The number of pyridine rings is 1. The van der Waals surface area contributed by atoms with Crippen molar-refractivity contribution in [1.82, 2.24) is 4.57 Å². The molecule has 1 heterocycles. The largest absolute Gasteiger partial charge is 0.309 e. The van der Waals surface area contributed by atoms with E-state index in [9.17, 15) is 4.79 Å². The summed E-state index contributed by atoms with van der Waals surface area (Å²) in [5, 5.41) is 1.52. The van der Waals surface area contributed by atoms with Crippen molar-refractivity contribution in [3.05, 3.63) is 88.1 Å². The van der Waals surface area contributed by atoms with Crippen LogP contribution in [0.5, 0.6) is 0 Å². The van der Waals surface area contributed by atoms with Crippen molar-refractivity contribution >= 4 is 21.8 Å². The van der Waals surface area contributed by atoms with Crippen LogP contribution in [0.25, 0.3) is 27.5 Å². The van der Waals surface area contributed by atoms with Crippen LogP contribution in [-0.4, -0.2) is 4.57 Å². The number of benzene rings is 3. The van der Waals surface area contributed by atoms with Gasteiger partial charge in [0.05, 0.1) is 11.0 Å². The Kier molecular flexibility index (Phi) is 3.05. The lowest BCUT2D eigenvalue weighted by Crippen LogP contribution is -2.10. The van der Waals surface area contributed by atoms with Crippen molar-refractivity contribution < 1.29 is 0 Å². The molecule has 0 spiro atoms. The number of rotatable bonds is 1. The molecular weight excluding hydrogens is 282 g/mol. The van der Waals surface area contributed by atoms with E-state index in [1.54, 1.807) is 0 Å². The Morgan fingerprint density at radius 3 is 1.74 bits per heavy atom. The van der Waals surface area contributed by atoms with Crippen molar-refractivity contribution in [3.8, 4) is 5.69 Å². The third kappa shape index (κ3) is 2.15. The molecule has 0 aliphatic heterocycles. The predicted octanol–water partition coefficient (Wildman–Crippen LogP) is 4.76. The van der Waals surface area contributed by atoms with E-state index >= 15 is 0 Å². The van der Waals surface area contributed by atoms with E-state index in [4.69, 9.17) is 0 Å². The first-order valence-electron chi connectivity index (χ1n) is 7.76. The van der Waals surface area contributed by atoms with Crippen LogP contribution in [0.15, 0.2) is 71.5 Å². The van der Waals surface area contributed by atoms with Crippen LogP contribution in [0.1, 0.15) is 11.1 Å². The fourth-order valence-corrected chi connectivity index (χ4v) is 3.17. The highest BCUT2D eigenvalue weighted by Crippen LogP contribution is 2.25. The average Bonchev–Trinajstić information content (AvgIpc) is 2.55. The Morgan fingerprint density at radius 2 is 1.22 bits per heavy atom. The zero-order valence-electron chi connectivity index (χ0n) is 13.2. The minimum atomic E-state index is 0.0992. The van der Waals surface area contributed by atoms with E-state index in [-0.39, 0.29) is 5.43 Å². The van der Waals surface area contributed by atoms with Crippen molar-refractivity contribution in [2.24, 2.45) is 0 Å². The van der Waals surface area contributed by atoms with Crippen molar-refractivity contribution in [1.29, 1.82) is 0 Å². The third-order valence-corrected chi connectivity index (χ3v) is 4.29. The van der Waals surface area contributed by atoms with Gasteiger partial charge in [-0.2, -0.15) is 0 Å². The second-order valence-electron chi connectivity index (χ2n) is 6.04. The molecule has 0 N–H and O–H groups in total. The van der Waals surface area contributed by atoms with E-state index in [1.165, 1.54) is 0 Å². The third-order valence-electron chi connectivity index (χ3n) is 4.29. The number of para-hydroxylation sites is 1. The van der Waals surface area contributed by atoms with Gasteiger partial charge < -0.3 is 4.57 Å². The van der Waals surface area contributed by atoms with Gasteiger partial charge in [0.2, 0.25) is 0 Å². The molecule has 112 valence electrons. The van der Waals surface area contributed by atoms with Gasteiger partial charge in [0.25, 0.3) is 0 Å². The predicted molar refractivity (Wildman–Crippen MR) is 96.5 cm³/mol. The molecule has 0 unspecified atom stereocenters. The molecule has 0 atom stereocenters. The Balaban J connectivity index is 2.32. The molecule has 23 heavy (non-hydrogen) atoms. The van der Waals surface area contributed by atoms with Crippen molar-refractivity contribution in [2.45, 2.75) is 13.8 Å². The summed E-state index contributed by atoms with van der Waals surface area (Å²) in [5.74, 6) is 0. The van der Waals surface area contributed by atoms with Gasteiger partial charge in [0, 0.05) is 16.5 Å². The second-order valence-corrected chi connectivity index (χ2v) is 6.04. The SMILES string of the molecule is Cc1ccc2c(=O)c3ccc(C)cc3n(-c3ccccc3)c2c1. The highest BCUT2D eigenvalue weighted by molar-refractivity contribution is 5.95. The van der Waals surface area contributed by atoms with E-state index in [0.29, 0.717) is 0 Å². The van der Waals surface area contributed by atoms with Gasteiger partial charge in [-0.1, -0.05) is 30.3 Å². The molecule has 1 aromatic heterocycles. The summed E-state index contributed by atoms with van der Waals surface area (Å²) >= 11 is 0. The molecule has 0 radical (unpaired) electrons. The topological polar surface area (TPSA) is 22.0 Å². The first kappa shape index (κ1) is 13.8. The molecule has 0 saturated carbocycles. The molecule has 0 aliphatic carbocycles. The minimum absolute atomic E-state index is 0.0992. The maximum absolute atomic E-state index is 12.9.